The maximum Gasteiger partial charge on any atom is 0.315 e. The zero-order valence-electron chi connectivity index (χ0n) is 12.1. The number of carbonyl (C=O) groups is 2. The summed E-state index contributed by atoms with van der Waals surface area (Å²) in [4.78, 5) is 26.1. The molecule has 116 valence electrons. The van der Waals surface area contributed by atoms with Gasteiger partial charge in [0, 0.05) is 12.1 Å². The number of hydrogen-bond donors (Lipinski definition) is 3. The van der Waals surface area contributed by atoms with Gasteiger partial charge in [-0.05, 0) is 19.1 Å². The van der Waals surface area contributed by atoms with Crippen LogP contribution in [0, 0.1) is 6.92 Å². The van der Waals surface area contributed by atoms with E-state index in [0.29, 0.717) is 11.6 Å². The topological polar surface area (TPSA) is 104 Å². The molecule has 2 rings (SSSR count). The molecule has 0 unspecified atom stereocenters. The molecule has 0 fully saturated rings. The van der Waals surface area contributed by atoms with E-state index in [-0.39, 0.29) is 19.5 Å². The van der Waals surface area contributed by atoms with Crippen molar-refractivity contribution in [2.24, 2.45) is 0 Å². The lowest BCUT2D eigenvalue weighted by Crippen LogP contribution is -2.36. The predicted molar refractivity (Wildman–Crippen MR) is 79.2 cm³/mol. The van der Waals surface area contributed by atoms with Crippen LogP contribution in [0.3, 0.4) is 0 Å². The standard InChI is InChI=1S/C15H17N3O4/c1-10-2-4-11(5-3-10)14-18-12(9-22-14)8-17-15(21)16-7-6-13(19)20/h2-5,9H,6-8H2,1H3,(H,19,20)(H2,16,17,21). The second-order valence-electron chi connectivity index (χ2n) is 4.76. The summed E-state index contributed by atoms with van der Waals surface area (Å²) in [5.41, 5.74) is 2.60. The van der Waals surface area contributed by atoms with Gasteiger partial charge in [-0.3, -0.25) is 4.79 Å². The third-order valence-electron chi connectivity index (χ3n) is 2.90. The molecule has 0 bridgehead atoms. The molecule has 7 nitrogen and oxygen atoms in total. The van der Waals surface area contributed by atoms with E-state index in [1.165, 1.54) is 6.26 Å². The lowest BCUT2D eigenvalue weighted by Gasteiger charge is -2.04. The Bertz CT molecular complexity index is 649. The second-order valence-corrected chi connectivity index (χ2v) is 4.76. The average Bonchev–Trinajstić information content (AvgIpc) is 2.94. The van der Waals surface area contributed by atoms with Crippen molar-refractivity contribution >= 4 is 12.0 Å². The zero-order chi connectivity index (χ0) is 15.9. The molecule has 0 aliphatic rings. The smallest absolute Gasteiger partial charge is 0.315 e. The number of carboxylic acid groups (broad SMARTS) is 1. The van der Waals surface area contributed by atoms with Crippen LogP contribution in [0.2, 0.25) is 0 Å². The van der Waals surface area contributed by atoms with Gasteiger partial charge in [0.25, 0.3) is 0 Å². The van der Waals surface area contributed by atoms with E-state index >= 15 is 0 Å². The molecule has 0 aliphatic carbocycles. The van der Waals surface area contributed by atoms with Gasteiger partial charge in [0.2, 0.25) is 5.89 Å². The van der Waals surface area contributed by atoms with Crippen LogP contribution in [0.15, 0.2) is 34.9 Å². The number of carbonyl (C=O) groups excluding carboxylic acids is 1. The van der Waals surface area contributed by atoms with Gasteiger partial charge in [0.05, 0.1) is 18.7 Å². The maximum atomic E-state index is 11.4. The van der Waals surface area contributed by atoms with Gasteiger partial charge in [0.15, 0.2) is 0 Å². The highest BCUT2D eigenvalue weighted by Gasteiger charge is 2.08. The molecule has 2 aromatic rings. The number of aromatic nitrogens is 1. The monoisotopic (exact) mass is 303 g/mol. The molecule has 0 saturated carbocycles. The Labute approximate surface area is 127 Å². The SMILES string of the molecule is Cc1ccc(-c2nc(CNC(=O)NCCC(=O)O)co2)cc1. The Morgan fingerprint density at radius 3 is 2.64 bits per heavy atom. The number of oxazole rings is 1. The molecule has 22 heavy (non-hydrogen) atoms. The minimum Gasteiger partial charge on any atom is -0.481 e. The lowest BCUT2D eigenvalue weighted by atomic mass is 10.1. The van der Waals surface area contributed by atoms with E-state index in [4.69, 9.17) is 9.52 Å². The van der Waals surface area contributed by atoms with E-state index in [1.54, 1.807) is 0 Å². The third kappa shape index (κ3) is 4.62. The van der Waals surface area contributed by atoms with Crippen LogP contribution in [-0.4, -0.2) is 28.6 Å². The van der Waals surface area contributed by atoms with Gasteiger partial charge >= 0.3 is 12.0 Å². The van der Waals surface area contributed by atoms with E-state index < -0.39 is 12.0 Å². The Kier molecular flexibility index (Phi) is 5.13. The van der Waals surface area contributed by atoms with E-state index in [1.807, 2.05) is 31.2 Å². The summed E-state index contributed by atoms with van der Waals surface area (Å²) in [6, 6.07) is 7.32. The van der Waals surface area contributed by atoms with Gasteiger partial charge in [-0.15, -0.1) is 0 Å². The number of benzene rings is 1. The highest BCUT2D eigenvalue weighted by Crippen LogP contribution is 2.18. The molecule has 1 aromatic heterocycles. The number of nitrogens with one attached hydrogen (secondary N) is 2. The van der Waals surface area contributed by atoms with Gasteiger partial charge < -0.3 is 20.2 Å². The number of nitrogens with zero attached hydrogens (tertiary/aromatic N) is 1. The van der Waals surface area contributed by atoms with Crippen LogP contribution in [0.1, 0.15) is 17.7 Å². The summed E-state index contributed by atoms with van der Waals surface area (Å²) in [6.45, 7) is 2.28. The van der Waals surface area contributed by atoms with Crippen molar-refractivity contribution in [1.29, 1.82) is 0 Å². The summed E-state index contributed by atoms with van der Waals surface area (Å²) >= 11 is 0. The maximum absolute atomic E-state index is 11.4. The van der Waals surface area contributed by atoms with Crippen LogP contribution >= 0.6 is 0 Å². The molecule has 0 saturated heterocycles. The van der Waals surface area contributed by atoms with Crippen molar-refractivity contribution < 1.29 is 19.1 Å². The fourth-order valence-electron chi connectivity index (χ4n) is 1.73. The Hall–Kier alpha value is -2.83. The second kappa shape index (κ2) is 7.26. The predicted octanol–water partition coefficient (Wildman–Crippen LogP) is 1.92. The first-order valence-corrected chi connectivity index (χ1v) is 6.79. The van der Waals surface area contributed by atoms with E-state index in [2.05, 4.69) is 15.6 Å². The van der Waals surface area contributed by atoms with Crippen molar-refractivity contribution in [2.75, 3.05) is 6.54 Å². The van der Waals surface area contributed by atoms with Gasteiger partial charge in [0.1, 0.15) is 6.26 Å². The van der Waals surface area contributed by atoms with Crippen LogP contribution in [0.5, 0.6) is 0 Å². The lowest BCUT2D eigenvalue weighted by molar-refractivity contribution is -0.136. The molecule has 3 N–H and O–H groups in total. The van der Waals surface area contributed by atoms with Gasteiger partial charge in [-0.2, -0.15) is 0 Å². The van der Waals surface area contributed by atoms with Crippen LogP contribution in [-0.2, 0) is 11.3 Å². The number of amides is 2. The summed E-state index contributed by atoms with van der Waals surface area (Å²) in [7, 11) is 0. The minimum absolute atomic E-state index is 0.0780. The van der Waals surface area contributed by atoms with Crippen molar-refractivity contribution in [3.8, 4) is 11.5 Å². The molecule has 0 radical (unpaired) electrons. The molecule has 0 spiro atoms. The van der Waals surface area contributed by atoms with E-state index in [0.717, 1.165) is 11.1 Å². The number of hydrogen-bond acceptors (Lipinski definition) is 4. The number of carboxylic acids is 1. The number of urea groups is 1. The fraction of sp³-hybridized carbons (Fsp3) is 0.267. The molecular weight excluding hydrogens is 286 g/mol. The quantitative estimate of drug-likeness (QED) is 0.756. The first kappa shape index (κ1) is 15.6. The number of aliphatic carboxylic acids is 1. The Balaban J connectivity index is 1.83. The highest BCUT2D eigenvalue weighted by atomic mass is 16.4. The van der Waals surface area contributed by atoms with E-state index in [9.17, 15) is 9.59 Å². The van der Waals surface area contributed by atoms with Crippen molar-refractivity contribution in [3.05, 3.63) is 41.8 Å². The van der Waals surface area contributed by atoms with Gasteiger partial charge in [-0.1, -0.05) is 17.7 Å². The van der Waals surface area contributed by atoms with Crippen molar-refractivity contribution in [2.45, 2.75) is 19.9 Å². The molecular formula is C15H17N3O4. The third-order valence-corrected chi connectivity index (χ3v) is 2.90. The molecule has 1 aromatic carbocycles. The Morgan fingerprint density at radius 2 is 1.95 bits per heavy atom. The molecule has 0 aliphatic heterocycles. The summed E-state index contributed by atoms with van der Waals surface area (Å²) in [5, 5.41) is 13.5. The number of rotatable bonds is 6. The summed E-state index contributed by atoms with van der Waals surface area (Å²) in [5.74, 6) is -0.470. The largest absolute Gasteiger partial charge is 0.481 e. The fourth-order valence-corrected chi connectivity index (χ4v) is 1.73. The first-order valence-electron chi connectivity index (χ1n) is 6.79. The van der Waals surface area contributed by atoms with Crippen LogP contribution in [0.4, 0.5) is 4.79 Å². The highest BCUT2D eigenvalue weighted by molar-refractivity contribution is 5.74. The normalized spacial score (nSPS) is 10.2. The molecule has 2 amide bonds. The van der Waals surface area contributed by atoms with Crippen molar-refractivity contribution in [3.63, 3.8) is 0 Å². The molecule has 7 heteroatoms. The average molecular weight is 303 g/mol. The first-order chi connectivity index (χ1) is 10.5. The number of aryl methyl sites for hydroxylation is 1. The molecule has 1 heterocycles. The van der Waals surface area contributed by atoms with Gasteiger partial charge in [-0.25, -0.2) is 9.78 Å². The summed E-state index contributed by atoms with van der Waals surface area (Å²) < 4.78 is 5.37. The Morgan fingerprint density at radius 1 is 1.23 bits per heavy atom. The van der Waals surface area contributed by atoms with Crippen molar-refractivity contribution in [1.82, 2.24) is 15.6 Å². The zero-order valence-corrected chi connectivity index (χ0v) is 12.1. The van der Waals surface area contributed by atoms with Crippen LogP contribution < -0.4 is 10.6 Å². The summed E-state index contributed by atoms with van der Waals surface area (Å²) in [6.07, 6.45) is 1.36. The minimum atomic E-state index is -0.959. The van der Waals surface area contributed by atoms with Crippen LogP contribution in [0.25, 0.3) is 11.5 Å². The molecule has 0 atom stereocenters.